The number of alkyl halides is 2. The second-order valence-corrected chi connectivity index (χ2v) is 3.98. The molecule has 3 nitrogen and oxygen atoms in total. The minimum absolute atomic E-state index is 0.00266. The van der Waals surface area contributed by atoms with Crippen molar-refractivity contribution in [2.75, 3.05) is 6.61 Å². The Morgan fingerprint density at radius 2 is 2.06 bits per heavy atom. The molecule has 0 fully saturated rings. The summed E-state index contributed by atoms with van der Waals surface area (Å²) in [6.45, 7) is -1.20. The first-order valence-electron chi connectivity index (χ1n) is 5.03. The van der Waals surface area contributed by atoms with Crippen molar-refractivity contribution in [3.8, 4) is 5.75 Å². The molecule has 0 saturated carbocycles. The van der Waals surface area contributed by atoms with Crippen molar-refractivity contribution in [3.05, 3.63) is 27.7 Å². The molecule has 0 unspecified atom stereocenters. The number of benzene rings is 1. The monoisotopic (exact) mass is 298 g/mol. The highest BCUT2D eigenvalue weighted by atomic mass is 35.5. The van der Waals surface area contributed by atoms with Crippen molar-refractivity contribution in [2.45, 2.75) is 20.0 Å². The van der Waals surface area contributed by atoms with Gasteiger partial charge in [0.2, 0.25) is 0 Å². The summed E-state index contributed by atoms with van der Waals surface area (Å²) < 4.78 is 33.4. The SMILES string of the molecule is CCOC(=O)Cc1c(OC(F)F)ccc(Cl)c1Cl. The normalized spacial score (nSPS) is 10.6. The van der Waals surface area contributed by atoms with Crippen LogP contribution >= 0.6 is 23.2 Å². The molecule has 0 bridgehead atoms. The van der Waals surface area contributed by atoms with Crippen LogP contribution in [-0.4, -0.2) is 19.2 Å². The molecule has 18 heavy (non-hydrogen) atoms. The number of esters is 1. The molecule has 0 aliphatic carbocycles. The third-order valence-electron chi connectivity index (χ3n) is 2.00. The van der Waals surface area contributed by atoms with E-state index in [1.54, 1.807) is 6.92 Å². The van der Waals surface area contributed by atoms with Crippen LogP contribution in [0.2, 0.25) is 10.0 Å². The second-order valence-electron chi connectivity index (χ2n) is 3.20. The Morgan fingerprint density at radius 3 is 2.61 bits per heavy atom. The number of ether oxygens (including phenoxy) is 2. The Kier molecular flexibility index (Phi) is 5.62. The highest BCUT2D eigenvalue weighted by Crippen LogP contribution is 2.34. The fraction of sp³-hybridized carbons (Fsp3) is 0.364. The largest absolute Gasteiger partial charge is 0.466 e. The Morgan fingerprint density at radius 1 is 1.39 bits per heavy atom. The molecule has 0 aromatic heterocycles. The molecule has 7 heteroatoms. The average molecular weight is 299 g/mol. The molecule has 1 aromatic rings. The van der Waals surface area contributed by atoms with Gasteiger partial charge >= 0.3 is 12.6 Å². The van der Waals surface area contributed by atoms with Crippen molar-refractivity contribution in [2.24, 2.45) is 0 Å². The molecular weight excluding hydrogens is 289 g/mol. The summed E-state index contributed by atoms with van der Waals surface area (Å²) in [5.41, 5.74) is 0.0860. The van der Waals surface area contributed by atoms with E-state index in [4.69, 9.17) is 27.9 Å². The lowest BCUT2D eigenvalue weighted by Crippen LogP contribution is -2.11. The molecule has 1 aromatic carbocycles. The van der Waals surface area contributed by atoms with E-state index in [2.05, 4.69) is 4.74 Å². The standard InChI is InChI=1S/C11H10Cl2F2O3/c1-2-17-9(16)5-6-8(18-11(14)15)4-3-7(12)10(6)13/h3-4,11H,2,5H2,1H3. The lowest BCUT2D eigenvalue weighted by atomic mass is 10.1. The molecule has 0 aliphatic heterocycles. The Balaban J connectivity index is 3.04. The first-order valence-corrected chi connectivity index (χ1v) is 5.78. The van der Waals surface area contributed by atoms with E-state index in [-0.39, 0.29) is 34.4 Å². The van der Waals surface area contributed by atoms with Crippen molar-refractivity contribution in [1.29, 1.82) is 0 Å². The minimum atomic E-state index is -3.01. The van der Waals surface area contributed by atoms with Gasteiger partial charge in [0.15, 0.2) is 0 Å². The van der Waals surface area contributed by atoms with Crippen molar-refractivity contribution in [1.82, 2.24) is 0 Å². The van der Waals surface area contributed by atoms with E-state index < -0.39 is 12.6 Å². The van der Waals surface area contributed by atoms with E-state index in [9.17, 15) is 13.6 Å². The Labute approximate surface area is 113 Å². The van der Waals surface area contributed by atoms with Crippen molar-refractivity contribution >= 4 is 29.2 Å². The molecule has 0 heterocycles. The number of carbonyl (C=O) groups excluding carboxylic acids is 1. The van der Waals surface area contributed by atoms with Gasteiger partial charge in [0.05, 0.1) is 23.1 Å². The lowest BCUT2D eigenvalue weighted by molar-refractivity contribution is -0.142. The van der Waals surface area contributed by atoms with Crippen LogP contribution in [-0.2, 0) is 16.0 Å². The second kappa shape index (κ2) is 6.75. The van der Waals surface area contributed by atoms with E-state index in [1.807, 2.05) is 0 Å². The van der Waals surface area contributed by atoms with Gasteiger partial charge in [0.1, 0.15) is 5.75 Å². The highest BCUT2D eigenvalue weighted by molar-refractivity contribution is 6.42. The van der Waals surface area contributed by atoms with Gasteiger partial charge in [-0.1, -0.05) is 23.2 Å². The van der Waals surface area contributed by atoms with Crippen LogP contribution in [0, 0.1) is 0 Å². The number of hydrogen-bond donors (Lipinski definition) is 0. The van der Waals surface area contributed by atoms with Gasteiger partial charge in [0, 0.05) is 5.56 Å². The van der Waals surface area contributed by atoms with E-state index in [0.29, 0.717) is 0 Å². The Bertz CT molecular complexity index is 439. The van der Waals surface area contributed by atoms with Gasteiger partial charge in [-0.15, -0.1) is 0 Å². The summed E-state index contributed by atoms with van der Waals surface area (Å²) >= 11 is 11.6. The van der Waals surface area contributed by atoms with Gasteiger partial charge in [-0.05, 0) is 19.1 Å². The fourth-order valence-electron chi connectivity index (χ4n) is 1.30. The summed E-state index contributed by atoms with van der Waals surface area (Å²) in [7, 11) is 0. The maximum atomic E-state index is 12.2. The minimum Gasteiger partial charge on any atom is -0.466 e. The summed E-state index contributed by atoms with van der Waals surface area (Å²) in [5.74, 6) is -0.784. The topological polar surface area (TPSA) is 35.5 Å². The zero-order chi connectivity index (χ0) is 13.7. The first-order chi connectivity index (χ1) is 8.45. The number of hydrogen-bond acceptors (Lipinski definition) is 3. The first kappa shape index (κ1) is 15.0. The smallest absolute Gasteiger partial charge is 0.387 e. The molecule has 0 saturated heterocycles. The molecule has 0 N–H and O–H groups in total. The summed E-state index contributed by atoms with van der Waals surface area (Å²) in [6.07, 6.45) is -0.282. The van der Waals surface area contributed by atoms with Crippen molar-refractivity contribution in [3.63, 3.8) is 0 Å². The van der Waals surface area contributed by atoms with Crippen molar-refractivity contribution < 1.29 is 23.0 Å². The zero-order valence-corrected chi connectivity index (χ0v) is 10.9. The zero-order valence-electron chi connectivity index (χ0n) is 9.38. The molecule has 0 aliphatic rings. The van der Waals surface area contributed by atoms with E-state index in [0.717, 1.165) is 0 Å². The third kappa shape index (κ3) is 3.99. The van der Waals surface area contributed by atoms with Gasteiger partial charge in [-0.3, -0.25) is 4.79 Å². The lowest BCUT2D eigenvalue weighted by Gasteiger charge is -2.12. The van der Waals surface area contributed by atoms with Gasteiger partial charge in [-0.2, -0.15) is 8.78 Å². The maximum Gasteiger partial charge on any atom is 0.387 e. The van der Waals surface area contributed by atoms with Gasteiger partial charge in [0.25, 0.3) is 0 Å². The number of halogens is 4. The molecule has 0 radical (unpaired) electrons. The molecule has 100 valence electrons. The van der Waals surface area contributed by atoms with Crippen LogP contribution in [0.15, 0.2) is 12.1 Å². The van der Waals surface area contributed by atoms with Crippen LogP contribution in [0.3, 0.4) is 0 Å². The molecular formula is C11H10Cl2F2O3. The fourth-order valence-corrected chi connectivity index (χ4v) is 1.70. The van der Waals surface area contributed by atoms with Crippen LogP contribution in [0.1, 0.15) is 12.5 Å². The maximum absolute atomic E-state index is 12.2. The summed E-state index contributed by atoms with van der Waals surface area (Å²) in [6, 6.07) is 2.55. The molecule has 1 rings (SSSR count). The molecule has 0 amide bonds. The van der Waals surface area contributed by atoms with E-state index >= 15 is 0 Å². The summed E-state index contributed by atoms with van der Waals surface area (Å²) in [5, 5.41) is 0.153. The molecule has 0 atom stereocenters. The van der Waals surface area contributed by atoms with E-state index in [1.165, 1.54) is 12.1 Å². The quantitative estimate of drug-likeness (QED) is 0.778. The predicted octanol–water partition coefficient (Wildman–Crippen LogP) is 3.70. The highest BCUT2D eigenvalue weighted by Gasteiger charge is 2.18. The van der Waals surface area contributed by atoms with Crippen LogP contribution in [0.4, 0.5) is 8.78 Å². The summed E-state index contributed by atoms with van der Waals surface area (Å²) in [4.78, 5) is 11.3. The van der Waals surface area contributed by atoms with Gasteiger partial charge < -0.3 is 9.47 Å². The molecule has 0 spiro atoms. The Hall–Kier alpha value is -1.07. The average Bonchev–Trinajstić information content (AvgIpc) is 2.28. The van der Waals surface area contributed by atoms with Crippen LogP contribution in [0.5, 0.6) is 5.75 Å². The third-order valence-corrected chi connectivity index (χ3v) is 2.84. The predicted molar refractivity (Wildman–Crippen MR) is 63.4 cm³/mol. The van der Waals surface area contributed by atoms with Gasteiger partial charge in [-0.25, -0.2) is 0 Å². The number of carbonyl (C=O) groups is 1. The number of rotatable bonds is 5. The van der Waals surface area contributed by atoms with Crippen LogP contribution in [0.25, 0.3) is 0 Å². The van der Waals surface area contributed by atoms with Crippen LogP contribution < -0.4 is 4.74 Å².